The van der Waals surface area contributed by atoms with Crippen molar-refractivity contribution in [3.05, 3.63) is 90.1 Å². The first-order valence-electron chi connectivity index (χ1n) is 10.0. The topological polar surface area (TPSA) is 45.7 Å². The van der Waals surface area contributed by atoms with Gasteiger partial charge in [0.25, 0.3) is 0 Å². The maximum absolute atomic E-state index is 12.4. The molecule has 2 aromatic carbocycles. The summed E-state index contributed by atoms with van der Waals surface area (Å²) in [7, 11) is 2.00. The number of ether oxygens (including phenoxy) is 1. The lowest BCUT2D eigenvalue weighted by Crippen LogP contribution is -2.27. The molecule has 0 saturated carbocycles. The Bertz CT molecular complexity index is 951. The quantitative estimate of drug-likeness (QED) is 0.543. The second-order valence-electron chi connectivity index (χ2n) is 7.20. The van der Waals surface area contributed by atoms with Crippen molar-refractivity contribution < 1.29 is 9.53 Å². The molecule has 5 nitrogen and oxygen atoms in total. The highest BCUT2D eigenvalue weighted by atomic mass is 32.2. The fourth-order valence-corrected chi connectivity index (χ4v) is 4.59. The van der Waals surface area contributed by atoms with E-state index in [1.54, 1.807) is 18.0 Å². The third-order valence-corrected chi connectivity index (χ3v) is 6.32. The van der Waals surface area contributed by atoms with Crippen LogP contribution in [0.5, 0.6) is 5.75 Å². The summed E-state index contributed by atoms with van der Waals surface area (Å²) in [4.78, 5) is 20.8. The van der Waals surface area contributed by atoms with Gasteiger partial charge in [-0.1, -0.05) is 48.5 Å². The minimum Gasteiger partial charge on any atom is -0.492 e. The molecule has 4 rings (SSSR count). The van der Waals surface area contributed by atoms with Gasteiger partial charge >= 0.3 is 0 Å². The van der Waals surface area contributed by atoms with E-state index in [1.807, 2.05) is 60.5 Å². The molecule has 6 heteroatoms. The fourth-order valence-electron chi connectivity index (χ4n) is 3.40. The molecule has 0 N–H and O–H groups in total. The summed E-state index contributed by atoms with van der Waals surface area (Å²) >= 11 is 1.68. The van der Waals surface area contributed by atoms with E-state index in [0.29, 0.717) is 18.9 Å². The summed E-state index contributed by atoms with van der Waals surface area (Å²) in [6.07, 6.45) is 1.79. The Hall–Kier alpha value is -2.99. The summed E-state index contributed by atoms with van der Waals surface area (Å²) in [6.45, 7) is 1.95. The van der Waals surface area contributed by atoms with Gasteiger partial charge in [0.15, 0.2) is 0 Å². The molecule has 2 heterocycles. The molecule has 154 valence electrons. The van der Waals surface area contributed by atoms with Crippen LogP contribution in [0.4, 0.5) is 5.82 Å². The molecule has 1 atom stereocenters. The first-order chi connectivity index (χ1) is 14.7. The van der Waals surface area contributed by atoms with E-state index < -0.39 is 0 Å². The van der Waals surface area contributed by atoms with E-state index in [-0.39, 0.29) is 11.3 Å². The number of carbonyl (C=O) groups excluding carboxylic acids is 1. The van der Waals surface area contributed by atoms with Crippen LogP contribution in [0, 0.1) is 0 Å². The van der Waals surface area contributed by atoms with Crippen LogP contribution in [-0.4, -0.2) is 41.7 Å². The number of anilines is 1. The van der Waals surface area contributed by atoms with Gasteiger partial charge in [0, 0.05) is 19.8 Å². The third-order valence-electron chi connectivity index (χ3n) is 5.06. The summed E-state index contributed by atoms with van der Waals surface area (Å²) in [5.41, 5.74) is 2.27. The Balaban J connectivity index is 1.34. The summed E-state index contributed by atoms with van der Waals surface area (Å²) in [5, 5.41) is 0.0436. The molecule has 3 aromatic rings. The van der Waals surface area contributed by atoms with Crippen LogP contribution in [0.1, 0.15) is 16.5 Å². The van der Waals surface area contributed by atoms with Gasteiger partial charge in [0.1, 0.15) is 23.5 Å². The first kappa shape index (κ1) is 20.3. The van der Waals surface area contributed by atoms with Gasteiger partial charge in [0.2, 0.25) is 5.91 Å². The third kappa shape index (κ3) is 4.94. The van der Waals surface area contributed by atoms with Crippen molar-refractivity contribution in [2.24, 2.45) is 0 Å². The summed E-state index contributed by atoms with van der Waals surface area (Å²) in [6, 6.07) is 24.1. The molecular weight excluding hydrogens is 394 g/mol. The van der Waals surface area contributed by atoms with Crippen molar-refractivity contribution in [1.29, 1.82) is 0 Å². The van der Waals surface area contributed by atoms with E-state index in [9.17, 15) is 4.79 Å². The maximum Gasteiger partial charge on any atom is 0.234 e. The van der Waals surface area contributed by atoms with Crippen LogP contribution in [-0.2, 0) is 11.3 Å². The molecule has 30 heavy (non-hydrogen) atoms. The minimum atomic E-state index is 0.0436. The Morgan fingerprint density at radius 2 is 1.83 bits per heavy atom. The van der Waals surface area contributed by atoms with Gasteiger partial charge in [-0.2, -0.15) is 0 Å². The fraction of sp³-hybridized carbons (Fsp3) is 0.250. The number of aromatic nitrogens is 1. The van der Waals surface area contributed by atoms with E-state index in [1.165, 1.54) is 0 Å². The molecule has 1 fully saturated rings. The molecular formula is C24H25N3O2S. The van der Waals surface area contributed by atoms with Crippen molar-refractivity contribution in [1.82, 2.24) is 9.88 Å². The number of pyridine rings is 1. The smallest absolute Gasteiger partial charge is 0.234 e. The predicted octanol–water partition coefficient (Wildman–Crippen LogP) is 4.37. The van der Waals surface area contributed by atoms with Gasteiger partial charge in [-0.25, -0.2) is 4.98 Å². The average molecular weight is 420 g/mol. The second kappa shape index (κ2) is 9.67. The summed E-state index contributed by atoms with van der Waals surface area (Å²) < 4.78 is 5.90. The van der Waals surface area contributed by atoms with Crippen LogP contribution in [0.3, 0.4) is 0 Å². The standard InChI is InChI=1S/C24H25N3O2S/c1-26(22-9-5-6-14-25-22)15-16-29-21-12-10-20(11-13-21)24-27(23(28)18-30-24)17-19-7-3-2-4-8-19/h2-14,24H,15-18H2,1H3. The summed E-state index contributed by atoms with van der Waals surface area (Å²) in [5.74, 6) is 2.47. The highest BCUT2D eigenvalue weighted by Gasteiger charge is 2.32. The van der Waals surface area contributed by atoms with Crippen molar-refractivity contribution in [2.45, 2.75) is 11.9 Å². The average Bonchev–Trinajstić information content (AvgIpc) is 3.15. The highest BCUT2D eigenvalue weighted by molar-refractivity contribution is 8.00. The molecule has 1 aliphatic rings. The lowest BCUT2D eigenvalue weighted by molar-refractivity contribution is -0.128. The first-order valence-corrected chi connectivity index (χ1v) is 11.1. The largest absolute Gasteiger partial charge is 0.492 e. The maximum atomic E-state index is 12.4. The van der Waals surface area contributed by atoms with E-state index in [0.717, 1.165) is 29.2 Å². The Morgan fingerprint density at radius 3 is 2.57 bits per heavy atom. The van der Waals surface area contributed by atoms with Crippen LogP contribution in [0.15, 0.2) is 79.0 Å². The van der Waals surface area contributed by atoms with E-state index in [2.05, 4.69) is 34.1 Å². The number of carbonyl (C=O) groups is 1. The van der Waals surface area contributed by atoms with Gasteiger partial charge in [-0.15, -0.1) is 11.8 Å². The number of thioether (sulfide) groups is 1. The van der Waals surface area contributed by atoms with Crippen molar-refractivity contribution >= 4 is 23.5 Å². The van der Waals surface area contributed by atoms with Gasteiger partial charge in [-0.3, -0.25) is 4.79 Å². The molecule has 1 aromatic heterocycles. The second-order valence-corrected chi connectivity index (χ2v) is 8.27. The van der Waals surface area contributed by atoms with Crippen molar-refractivity contribution in [3.8, 4) is 5.75 Å². The molecule has 1 amide bonds. The number of hydrogen-bond acceptors (Lipinski definition) is 5. The number of amides is 1. The number of nitrogens with zero attached hydrogens (tertiary/aromatic N) is 3. The SMILES string of the molecule is CN(CCOc1ccc(C2SCC(=O)N2Cc2ccccc2)cc1)c1ccccn1. The molecule has 0 bridgehead atoms. The van der Waals surface area contributed by atoms with Gasteiger partial charge in [-0.05, 0) is 35.4 Å². The number of hydrogen-bond donors (Lipinski definition) is 0. The zero-order valence-electron chi connectivity index (χ0n) is 17.0. The zero-order valence-corrected chi connectivity index (χ0v) is 17.8. The number of likely N-dealkylation sites (N-methyl/N-ethyl adjacent to an activating group) is 1. The molecule has 0 spiro atoms. The van der Waals surface area contributed by atoms with Gasteiger partial charge < -0.3 is 14.5 Å². The van der Waals surface area contributed by atoms with Gasteiger partial charge in [0.05, 0.1) is 12.3 Å². The Kier molecular flexibility index (Phi) is 6.54. The lowest BCUT2D eigenvalue weighted by atomic mass is 10.1. The normalized spacial score (nSPS) is 16.0. The molecule has 0 radical (unpaired) electrons. The van der Waals surface area contributed by atoms with Crippen LogP contribution in [0.25, 0.3) is 0 Å². The lowest BCUT2D eigenvalue weighted by Gasteiger charge is -2.24. The minimum absolute atomic E-state index is 0.0436. The predicted molar refractivity (Wildman–Crippen MR) is 122 cm³/mol. The molecule has 0 aliphatic carbocycles. The van der Waals surface area contributed by atoms with Crippen molar-refractivity contribution in [2.75, 3.05) is 30.9 Å². The van der Waals surface area contributed by atoms with Crippen molar-refractivity contribution in [3.63, 3.8) is 0 Å². The van der Waals surface area contributed by atoms with Crippen LogP contribution in [0.2, 0.25) is 0 Å². The van der Waals surface area contributed by atoms with Crippen LogP contribution < -0.4 is 9.64 Å². The highest BCUT2D eigenvalue weighted by Crippen LogP contribution is 2.39. The van der Waals surface area contributed by atoms with E-state index >= 15 is 0 Å². The van der Waals surface area contributed by atoms with E-state index in [4.69, 9.17) is 4.74 Å². The number of rotatable bonds is 8. The number of benzene rings is 2. The molecule has 1 unspecified atom stereocenters. The Labute approximate surface area is 181 Å². The molecule has 1 saturated heterocycles. The molecule has 1 aliphatic heterocycles. The monoisotopic (exact) mass is 419 g/mol. The zero-order chi connectivity index (χ0) is 20.8. The van der Waals surface area contributed by atoms with Crippen LogP contribution >= 0.6 is 11.8 Å². The Morgan fingerprint density at radius 1 is 1.07 bits per heavy atom.